The largest absolute Gasteiger partial charge is 0.353 e. The molecule has 90 valence electrons. The molecule has 0 spiro atoms. The third-order valence-electron chi connectivity index (χ3n) is 2.59. The van der Waals surface area contributed by atoms with Gasteiger partial charge in [-0.1, -0.05) is 0 Å². The minimum absolute atomic E-state index is 0.555. The Morgan fingerprint density at radius 1 is 1.47 bits per heavy atom. The third kappa shape index (κ3) is 2.42. The molecule has 17 heavy (non-hydrogen) atoms. The molecule has 0 aliphatic rings. The van der Waals surface area contributed by atoms with Gasteiger partial charge in [-0.05, 0) is 13.0 Å². The fraction of sp³-hybridized carbons (Fsp3) is 0.364. The lowest BCUT2D eigenvalue weighted by molar-refractivity contribution is 0.740. The third-order valence-corrected chi connectivity index (χ3v) is 2.59. The summed E-state index contributed by atoms with van der Waals surface area (Å²) in [4.78, 5) is 8.56. The van der Waals surface area contributed by atoms with Gasteiger partial charge in [0.05, 0.1) is 11.9 Å². The fourth-order valence-corrected chi connectivity index (χ4v) is 1.53. The monoisotopic (exact) mass is 232 g/mol. The molecule has 2 rings (SSSR count). The molecule has 0 radical (unpaired) electrons. The van der Waals surface area contributed by atoms with Crippen molar-refractivity contribution in [1.82, 2.24) is 19.7 Å². The molecule has 0 aromatic carbocycles. The minimum Gasteiger partial charge on any atom is -0.353 e. The SMILES string of the molecule is Cc1c(-c2ccnc(NCCN)n2)cnn1C. The van der Waals surface area contributed by atoms with Gasteiger partial charge in [0, 0.05) is 37.6 Å². The molecule has 0 bridgehead atoms. The molecule has 0 aliphatic heterocycles. The van der Waals surface area contributed by atoms with Gasteiger partial charge in [0.2, 0.25) is 5.95 Å². The maximum atomic E-state index is 5.42. The Bertz CT molecular complexity index is 504. The second-order valence-corrected chi connectivity index (χ2v) is 3.75. The van der Waals surface area contributed by atoms with Crippen LogP contribution in [0.1, 0.15) is 5.69 Å². The van der Waals surface area contributed by atoms with Crippen molar-refractivity contribution in [3.05, 3.63) is 24.2 Å². The zero-order chi connectivity index (χ0) is 12.3. The second-order valence-electron chi connectivity index (χ2n) is 3.75. The predicted octanol–water partition coefficient (Wildman–Crippen LogP) is 0.556. The fourth-order valence-electron chi connectivity index (χ4n) is 1.53. The Balaban J connectivity index is 2.30. The van der Waals surface area contributed by atoms with Crippen LogP contribution in [0.4, 0.5) is 5.95 Å². The van der Waals surface area contributed by atoms with E-state index < -0.39 is 0 Å². The van der Waals surface area contributed by atoms with E-state index in [0.717, 1.165) is 17.0 Å². The van der Waals surface area contributed by atoms with Gasteiger partial charge in [0.15, 0.2) is 0 Å². The number of hydrogen-bond donors (Lipinski definition) is 2. The van der Waals surface area contributed by atoms with Crippen LogP contribution in [0, 0.1) is 6.92 Å². The topological polar surface area (TPSA) is 81.7 Å². The zero-order valence-electron chi connectivity index (χ0n) is 10.0. The van der Waals surface area contributed by atoms with Gasteiger partial charge in [-0.3, -0.25) is 4.68 Å². The van der Waals surface area contributed by atoms with Crippen molar-refractivity contribution >= 4 is 5.95 Å². The van der Waals surface area contributed by atoms with E-state index >= 15 is 0 Å². The Labute approximate surface area is 99.9 Å². The standard InChI is InChI=1S/C11H16N6/c1-8-9(7-15-17(8)2)10-3-5-13-11(16-10)14-6-4-12/h3,5,7H,4,6,12H2,1-2H3,(H,13,14,16). The molecule has 0 amide bonds. The average Bonchev–Trinajstić information content (AvgIpc) is 2.68. The zero-order valence-corrected chi connectivity index (χ0v) is 10.0. The number of nitrogens with zero attached hydrogens (tertiary/aromatic N) is 4. The lowest BCUT2D eigenvalue weighted by atomic mass is 10.2. The summed E-state index contributed by atoms with van der Waals surface area (Å²) >= 11 is 0. The highest BCUT2D eigenvalue weighted by Crippen LogP contribution is 2.20. The first kappa shape index (κ1) is 11.5. The quantitative estimate of drug-likeness (QED) is 0.804. The van der Waals surface area contributed by atoms with Gasteiger partial charge in [-0.2, -0.15) is 5.10 Å². The Kier molecular flexibility index (Phi) is 3.34. The molecule has 3 N–H and O–H groups in total. The van der Waals surface area contributed by atoms with Crippen LogP contribution in [0.3, 0.4) is 0 Å². The molecule has 6 heteroatoms. The average molecular weight is 232 g/mol. The van der Waals surface area contributed by atoms with Gasteiger partial charge in [-0.15, -0.1) is 0 Å². The molecular weight excluding hydrogens is 216 g/mol. The first-order chi connectivity index (χ1) is 8.22. The van der Waals surface area contributed by atoms with Crippen LogP contribution in [0.5, 0.6) is 0 Å². The number of rotatable bonds is 4. The van der Waals surface area contributed by atoms with Crippen molar-refractivity contribution in [2.75, 3.05) is 18.4 Å². The van der Waals surface area contributed by atoms with Crippen molar-refractivity contribution in [1.29, 1.82) is 0 Å². The second kappa shape index (κ2) is 4.92. The van der Waals surface area contributed by atoms with E-state index in [4.69, 9.17) is 5.73 Å². The van der Waals surface area contributed by atoms with E-state index in [1.165, 1.54) is 0 Å². The van der Waals surface area contributed by atoms with Crippen LogP contribution in [-0.4, -0.2) is 32.8 Å². The molecular formula is C11H16N6. The molecule has 6 nitrogen and oxygen atoms in total. The first-order valence-electron chi connectivity index (χ1n) is 5.48. The molecule has 2 heterocycles. The molecule has 2 aromatic heterocycles. The minimum atomic E-state index is 0.555. The van der Waals surface area contributed by atoms with Crippen LogP contribution >= 0.6 is 0 Å². The van der Waals surface area contributed by atoms with Crippen molar-refractivity contribution in [3.63, 3.8) is 0 Å². The number of aryl methyl sites for hydroxylation is 1. The highest BCUT2D eigenvalue weighted by molar-refractivity contribution is 5.61. The van der Waals surface area contributed by atoms with Crippen molar-refractivity contribution in [2.45, 2.75) is 6.92 Å². The lowest BCUT2D eigenvalue weighted by Crippen LogP contribution is -2.14. The summed E-state index contributed by atoms with van der Waals surface area (Å²) < 4.78 is 1.82. The van der Waals surface area contributed by atoms with E-state index in [1.54, 1.807) is 6.20 Å². The van der Waals surface area contributed by atoms with E-state index in [0.29, 0.717) is 19.0 Å². The van der Waals surface area contributed by atoms with Crippen molar-refractivity contribution in [2.24, 2.45) is 12.8 Å². The van der Waals surface area contributed by atoms with Gasteiger partial charge < -0.3 is 11.1 Å². The van der Waals surface area contributed by atoms with Crippen molar-refractivity contribution < 1.29 is 0 Å². The van der Waals surface area contributed by atoms with Crippen LogP contribution in [-0.2, 0) is 7.05 Å². The summed E-state index contributed by atoms with van der Waals surface area (Å²) in [5.41, 5.74) is 8.38. The lowest BCUT2D eigenvalue weighted by Gasteiger charge is -2.04. The van der Waals surface area contributed by atoms with Crippen LogP contribution in [0.25, 0.3) is 11.3 Å². The molecule has 0 unspecified atom stereocenters. The highest BCUT2D eigenvalue weighted by atomic mass is 15.3. The number of anilines is 1. The normalized spacial score (nSPS) is 10.5. The molecule has 0 saturated carbocycles. The van der Waals surface area contributed by atoms with E-state index in [9.17, 15) is 0 Å². The van der Waals surface area contributed by atoms with E-state index in [-0.39, 0.29) is 0 Å². The molecule has 2 aromatic rings. The number of nitrogens with one attached hydrogen (secondary N) is 1. The predicted molar refractivity (Wildman–Crippen MR) is 66.5 cm³/mol. The Morgan fingerprint density at radius 2 is 2.29 bits per heavy atom. The molecule has 0 saturated heterocycles. The van der Waals surface area contributed by atoms with E-state index in [1.807, 2.05) is 30.9 Å². The van der Waals surface area contributed by atoms with Crippen LogP contribution < -0.4 is 11.1 Å². The van der Waals surface area contributed by atoms with Gasteiger partial charge in [0.25, 0.3) is 0 Å². The summed E-state index contributed by atoms with van der Waals surface area (Å²) in [6, 6.07) is 1.87. The van der Waals surface area contributed by atoms with E-state index in [2.05, 4.69) is 20.4 Å². The maximum Gasteiger partial charge on any atom is 0.223 e. The summed E-state index contributed by atoms with van der Waals surface area (Å²) in [7, 11) is 1.91. The smallest absolute Gasteiger partial charge is 0.223 e. The number of hydrogen-bond acceptors (Lipinski definition) is 5. The van der Waals surface area contributed by atoms with Crippen LogP contribution in [0.15, 0.2) is 18.5 Å². The molecule has 0 fully saturated rings. The summed E-state index contributed by atoms with van der Waals surface area (Å²) in [5, 5.41) is 7.26. The summed E-state index contributed by atoms with van der Waals surface area (Å²) in [6.07, 6.45) is 3.54. The Hall–Kier alpha value is -1.95. The summed E-state index contributed by atoms with van der Waals surface area (Å²) in [5.74, 6) is 0.594. The van der Waals surface area contributed by atoms with Crippen molar-refractivity contribution in [3.8, 4) is 11.3 Å². The van der Waals surface area contributed by atoms with Crippen LogP contribution in [0.2, 0.25) is 0 Å². The van der Waals surface area contributed by atoms with Gasteiger partial charge in [-0.25, -0.2) is 9.97 Å². The highest BCUT2D eigenvalue weighted by Gasteiger charge is 2.08. The van der Waals surface area contributed by atoms with Gasteiger partial charge >= 0.3 is 0 Å². The first-order valence-corrected chi connectivity index (χ1v) is 5.48. The number of aromatic nitrogens is 4. The maximum absolute atomic E-state index is 5.42. The number of nitrogens with two attached hydrogens (primary N) is 1. The van der Waals surface area contributed by atoms with Gasteiger partial charge in [0.1, 0.15) is 0 Å². The Morgan fingerprint density at radius 3 is 2.94 bits per heavy atom. The summed E-state index contributed by atoms with van der Waals surface area (Å²) in [6.45, 7) is 3.23. The molecule has 0 atom stereocenters. The molecule has 0 aliphatic carbocycles.